The van der Waals surface area contributed by atoms with E-state index in [1.54, 1.807) is 6.08 Å². The molecule has 0 saturated carbocycles. The van der Waals surface area contributed by atoms with E-state index in [0.717, 1.165) is 39.0 Å². The van der Waals surface area contributed by atoms with Gasteiger partial charge in [-0.25, -0.2) is 0 Å². The molecule has 0 radical (unpaired) electrons. The molecule has 2 heterocycles. The second-order valence-corrected chi connectivity index (χ2v) is 6.53. The third-order valence-electron chi connectivity index (χ3n) is 4.86. The van der Waals surface area contributed by atoms with Gasteiger partial charge in [0, 0.05) is 19.2 Å². The van der Waals surface area contributed by atoms with E-state index in [1.165, 1.54) is 30.3 Å². The number of carbonyl (C=O) groups is 1. The van der Waals surface area contributed by atoms with Crippen LogP contribution in [0.3, 0.4) is 0 Å². The maximum absolute atomic E-state index is 12.3. The van der Waals surface area contributed by atoms with Crippen molar-refractivity contribution in [1.29, 1.82) is 0 Å². The Bertz CT molecular complexity index is 620. The summed E-state index contributed by atoms with van der Waals surface area (Å²) < 4.78 is 40.2. The minimum Gasteiger partial charge on any atom is -0.406 e. The van der Waals surface area contributed by atoms with Gasteiger partial charge in [-0.2, -0.15) is 0 Å². The molecule has 3 rings (SSSR count). The van der Waals surface area contributed by atoms with E-state index in [1.807, 2.05) is 4.90 Å². The summed E-state index contributed by atoms with van der Waals surface area (Å²) in [5.74, 6) is 0.984. The SMILES string of the molecule is Cl.O=C(/C=C/c1ccc(OC(F)(F)F)cc1)N1CC[C@@H]2CNC[C@@H]2CC1. The molecule has 2 saturated heterocycles. The summed E-state index contributed by atoms with van der Waals surface area (Å²) in [6.45, 7) is 3.58. The third-order valence-corrected chi connectivity index (χ3v) is 4.86. The highest BCUT2D eigenvalue weighted by molar-refractivity contribution is 5.91. The molecule has 0 unspecified atom stereocenters. The summed E-state index contributed by atoms with van der Waals surface area (Å²) in [7, 11) is 0. The molecule has 1 aromatic carbocycles. The van der Waals surface area contributed by atoms with Crippen molar-refractivity contribution in [3.8, 4) is 5.75 Å². The highest BCUT2D eigenvalue weighted by Gasteiger charge is 2.31. The van der Waals surface area contributed by atoms with Crippen LogP contribution in [0.2, 0.25) is 0 Å². The number of amides is 1. The Balaban J connectivity index is 0.00000243. The molecule has 4 nitrogen and oxygen atoms in total. The van der Waals surface area contributed by atoms with E-state index < -0.39 is 6.36 Å². The van der Waals surface area contributed by atoms with Crippen molar-refractivity contribution in [3.63, 3.8) is 0 Å². The summed E-state index contributed by atoms with van der Waals surface area (Å²) in [4.78, 5) is 14.2. The van der Waals surface area contributed by atoms with Gasteiger partial charge in [0.05, 0.1) is 0 Å². The van der Waals surface area contributed by atoms with Crippen LogP contribution in [0.5, 0.6) is 5.75 Å². The summed E-state index contributed by atoms with van der Waals surface area (Å²) >= 11 is 0. The van der Waals surface area contributed by atoms with Gasteiger partial charge < -0.3 is 15.0 Å². The maximum atomic E-state index is 12.3. The number of nitrogens with one attached hydrogen (secondary N) is 1. The Morgan fingerprint density at radius 1 is 1.12 bits per heavy atom. The van der Waals surface area contributed by atoms with Crippen LogP contribution >= 0.6 is 12.4 Å². The minimum absolute atomic E-state index is 0. The van der Waals surface area contributed by atoms with Crippen molar-refractivity contribution in [2.24, 2.45) is 11.8 Å². The number of ether oxygens (including phenoxy) is 1. The van der Waals surface area contributed by atoms with E-state index in [2.05, 4.69) is 10.1 Å². The highest BCUT2D eigenvalue weighted by atomic mass is 35.5. The fourth-order valence-electron chi connectivity index (χ4n) is 3.49. The minimum atomic E-state index is -4.70. The number of alkyl halides is 3. The summed E-state index contributed by atoms with van der Waals surface area (Å²) in [5.41, 5.74) is 0.652. The van der Waals surface area contributed by atoms with Gasteiger partial charge in [0.25, 0.3) is 0 Å². The molecule has 2 fully saturated rings. The van der Waals surface area contributed by atoms with Gasteiger partial charge in [0.1, 0.15) is 5.75 Å². The number of benzene rings is 1. The quantitative estimate of drug-likeness (QED) is 0.803. The van der Waals surface area contributed by atoms with Gasteiger partial charge in [-0.3, -0.25) is 4.79 Å². The molecule has 1 amide bonds. The van der Waals surface area contributed by atoms with Crippen molar-refractivity contribution in [2.75, 3.05) is 26.2 Å². The first-order valence-electron chi connectivity index (χ1n) is 8.44. The molecule has 1 N–H and O–H groups in total. The van der Waals surface area contributed by atoms with Crippen LogP contribution in [0.25, 0.3) is 6.08 Å². The third kappa shape index (κ3) is 5.64. The molecule has 2 atom stereocenters. The fraction of sp³-hybridized carbons (Fsp3) is 0.500. The number of hydrogen-bond acceptors (Lipinski definition) is 3. The zero-order chi connectivity index (χ0) is 17.9. The second-order valence-electron chi connectivity index (χ2n) is 6.53. The zero-order valence-electron chi connectivity index (χ0n) is 14.2. The van der Waals surface area contributed by atoms with Crippen LogP contribution in [0, 0.1) is 11.8 Å². The molecule has 0 aliphatic carbocycles. The van der Waals surface area contributed by atoms with Crippen LogP contribution in [0.15, 0.2) is 30.3 Å². The lowest BCUT2D eigenvalue weighted by Gasteiger charge is -2.19. The van der Waals surface area contributed by atoms with Gasteiger partial charge >= 0.3 is 6.36 Å². The molecule has 0 aromatic heterocycles. The summed E-state index contributed by atoms with van der Waals surface area (Å²) in [6, 6.07) is 5.45. The number of hydrogen-bond donors (Lipinski definition) is 1. The Hall–Kier alpha value is -1.73. The van der Waals surface area contributed by atoms with Crippen LogP contribution in [0.1, 0.15) is 18.4 Å². The molecular formula is C18H22ClF3N2O2. The number of nitrogens with zero attached hydrogens (tertiary/aromatic N) is 1. The number of rotatable bonds is 3. The lowest BCUT2D eigenvalue weighted by Crippen LogP contribution is -2.31. The van der Waals surface area contributed by atoms with E-state index in [4.69, 9.17) is 0 Å². The first-order chi connectivity index (χ1) is 11.9. The van der Waals surface area contributed by atoms with Crippen molar-refractivity contribution >= 4 is 24.4 Å². The van der Waals surface area contributed by atoms with Crippen molar-refractivity contribution in [3.05, 3.63) is 35.9 Å². The average Bonchev–Trinajstić information content (AvgIpc) is 2.91. The van der Waals surface area contributed by atoms with Crippen molar-refractivity contribution in [2.45, 2.75) is 19.2 Å². The Morgan fingerprint density at radius 2 is 1.69 bits per heavy atom. The number of carbonyl (C=O) groups excluding carboxylic acids is 1. The Morgan fingerprint density at radius 3 is 2.23 bits per heavy atom. The van der Waals surface area contributed by atoms with Crippen LogP contribution in [-0.2, 0) is 4.79 Å². The first kappa shape index (κ1) is 20.6. The number of likely N-dealkylation sites (tertiary alicyclic amines) is 1. The second kappa shape index (κ2) is 8.77. The smallest absolute Gasteiger partial charge is 0.406 e. The number of halogens is 4. The van der Waals surface area contributed by atoms with Crippen molar-refractivity contribution < 1.29 is 22.7 Å². The topological polar surface area (TPSA) is 41.6 Å². The lowest BCUT2D eigenvalue weighted by molar-refractivity contribution is -0.274. The van der Waals surface area contributed by atoms with Crippen LogP contribution in [0.4, 0.5) is 13.2 Å². The van der Waals surface area contributed by atoms with E-state index in [-0.39, 0.29) is 24.1 Å². The number of fused-ring (bicyclic) bond motifs is 1. The first-order valence-corrected chi connectivity index (χ1v) is 8.44. The molecule has 26 heavy (non-hydrogen) atoms. The van der Waals surface area contributed by atoms with Crippen LogP contribution in [-0.4, -0.2) is 43.3 Å². The van der Waals surface area contributed by atoms with Gasteiger partial charge in [0.2, 0.25) is 5.91 Å². The highest BCUT2D eigenvalue weighted by Crippen LogP contribution is 2.27. The summed E-state index contributed by atoms with van der Waals surface area (Å²) in [5, 5.41) is 3.40. The van der Waals surface area contributed by atoms with Gasteiger partial charge in [-0.15, -0.1) is 25.6 Å². The van der Waals surface area contributed by atoms with Gasteiger partial charge in [0.15, 0.2) is 0 Å². The summed E-state index contributed by atoms with van der Waals surface area (Å²) in [6.07, 6.45) is 0.432. The Kier molecular flexibility index (Phi) is 6.94. The van der Waals surface area contributed by atoms with Crippen LogP contribution < -0.4 is 10.1 Å². The lowest BCUT2D eigenvalue weighted by atomic mass is 9.92. The van der Waals surface area contributed by atoms with Crippen molar-refractivity contribution in [1.82, 2.24) is 10.2 Å². The van der Waals surface area contributed by atoms with Gasteiger partial charge in [-0.1, -0.05) is 12.1 Å². The molecule has 1 aromatic rings. The monoisotopic (exact) mass is 390 g/mol. The van der Waals surface area contributed by atoms with E-state index in [9.17, 15) is 18.0 Å². The fourth-order valence-corrected chi connectivity index (χ4v) is 3.49. The molecule has 2 aliphatic rings. The molecule has 8 heteroatoms. The average molecular weight is 391 g/mol. The van der Waals surface area contributed by atoms with Gasteiger partial charge in [-0.05, 0) is 61.5 Å². The molecule has 2 aliphatic heterocycles. The molecular weight excluding hydrogens is 369 g/mol. The largest absolute Gasteiger partial charge is 0.573 e. The Labute approximate surface area is 156 Å². The maximum Gasteiger partial charge on any atom is 0.573 e. The van der Waals surface area contributed by atoms with E-state index in [0.29, 0.717) is 17.4 Å². The molecule has 144 valence electrons. The zero-order valence-corrected chi connectivity index (χ0v) is 15.0. The predicted octanol–water partition coefficient (Wildman–Crippen LogP) is 3.48. The molecule has 0 bridgehead atoms. The normalized spacial score (nSPS) is 23.3. The predicted molar refractivity (Wildman–Crippen MR) is 95.1 cm³/mol. The molecule has 0 spiro atoms. The van der Waals surface area contributed by atoms with E-state index >= 15 is 0 Å². The standard InChI is InChI=1S/C18H21F3N2O2.ClH/c19-18(20,21)25-16-4-1-13(2-5-16)3-6-17(24)23-9-7-14-11-22-12-15(14)8-10-23;/h1-6,14-15,22H,7-12H2;1H/b6-3+;/t14-,15+;.